The first-order valence-electron chi connectivity index (χ1n) is 4.10. The second-order valence-corrected chi connectivity index (χ2v) is 2.75. The van der Waals surface area contributed by atoms with E-state index >= 15 is 0 Å². The molecule has 0 unspecified atom stereocenters. The predicted octanol–water partition coefficient (Wildman–Crippen LogP) is -0.0990. The average molecular weight is 163 g/mol. The van der Waals surface area contributed by atoms with Crippen LogP contribution in [0, 0.1) is 0 Å². The standard InChI is InChI=1S/C8H11N4/c1-3-12(4-2-9-1)8-5-10-7-11-6-8/h5-7H,1-4H2. The third kappa shape index (κ3) is 1.53. The molecule has 63 valence electrons. The van der Waals surface area contributed by atoms with E-state index in [4.69, 9.17) is 0 Å². The van der Waals surface area contributed by atoms with Crippen molar-refractivity contribution in [3.63, 3.8) is 0 Å². The lowest BCUT2D eigenvalue weighted by Crippen LogP contribution is -2.40. The molecule has 0 saturated carbocycles. The van der Waals surface area contributed by atoms with Crippen LogP contribution in [0.25, 0.3) is 0 Å². The van der Waals surface area contributed by atoms with Gasteiger partial charge in [0.15, 0.2) is 0 Å². The lowest BCUT2D eigenvalue weighted by molar-refractivity contribution is 0.578. The Kier molecular flexibility index (Phi) is 2.18. The van der Waals surface area contributed by atoms with E-state index < -0.39 is 0 Å². The van der Waals surface area contributed by atoms with Crippen LogP contribution < -0.4 is 10.2 Å². The van der Waals surface area contributed by atoms with Gasteiger partial charge in [0, 0.05) is 26.2 Å². The summed E-state index contributed by atoms with van der Waals surface area (Å²) in [5.74, 6) is 0. The Labute approximate surface area is 71.6 Å². The highest BCUT2D eigenvalue weighted by molar-refractivity contribution is 5.41. The van der Waals surface area contributed by atoms with Crippen molar-refractivity contribution in [3.05, 3.63) is 18.7 Å². The van der Waals surface area contributed by atoms with Crippen molar-refractivity contribution in [2.75, 3.05) is 31.1 Å². The maximum Gasteiger partial charge on any atom is 0.115 e. The van der Waals surface area contributed by atoms with Gasteiger partial charge in [0.25, 0.3) is 0 Å². The summed E-state index contributed by atoms with van der Waals surface area (Å²) in [5.41, 5.74) is 1.10. The van der Waals surface area contributed by atoms with Gasteiger partial charge in [-0.2, -0.15) is 0 Å². The van der Waals surface area contributed by atoms with Crippen molar-refractivity contribution in [2.24, 2.45) is 0 Å². The molecule has 12 heavy (non-hydrogen) atoms. The van der Waals surface area contributed by atoms with Crippen molar-refractivity contribution in [1.82, 2.24) is 15.3 Å². The van der Waals surface area contributed by atoms with Gasteiger partial charge in [-0.25, -0.2) is 15.3 Å². The van der Waals surface area contributed by atoms with Gasteiger partial charge in [-0.15, -0.1) is 0 Å². The molecule has 1 aromatic heterocycles. The van der Waals surface area contributed by atoms with Crippen LogP contribution in [0.2, 0.25) is 0 Å². The number of aromatic nitrogens is 2. The zero-order valence-electron chi connectivity index (χ0n) is 6.85. The molecule has 0 aromatic carbocycles. The third-order valence-corrected chi connectivity index (χ3v) is 1.97. The second-order valence-electron chi connectivity index (χ2n) is 2.75. The maximum atomic E-state index is 4.27. The molecule has 1 saturated heterocycles. The summed E-state index contributed by atoms with van der Waals surface area (Å²) < 4.78 is 0. The fourth-order valence-corrected chi connectivity index (χ4v) is 1.32. The highest BCUT2D eigenvalue weighted by Crippen LogP contribution is 2.10. The maximum absolute atomic E-state index is 4.27. The molecule has 1 aliphatic heterocycles. The molecule has 0 atom stereocenters. The monoisotopic (exact) mass is 163 g/mol. The molecular formula is C8H11N4. The van der Waals surface area contributed by atoms with Crippen LogP contribution in [0.5, 0.6) is 0 Å². The number of piperazine rings is 1. The van der Waals surface area contributed by atoms with Crippen molar-refractivity contribution in [1.29, 1.82) is 0 Å². The molecule has 1 radical (unpaired) electrons. The Morgan fingerprint density at radius 2 is 1.75 bits per heavy atom. The molecule has 0 bridgehead atoms. The van der Waals surface area contributed by atoms with Gasteiger partial charge >= 0.3 is 0 Å². The van der Waals surface area contributed by atoms with Gasteiger partial charge in [0.05, 0.1) is 18.1 Å². The Hall–Kier alpha value is -1.16. The zero-order valence-corrected chi connectivity index (χ0v) is 6.85. The minimum absolute atomic E-state index is 0.925. The number of anilines is 1. The van der Waals surface area contributed by atoms with E-state index in [1.54, 1.807) is 6.33 Å². The van der Waals surface area contributed by atoms with Gasteiger partial charge in [0.1, 0.15) is 6.33 Å². The molecule has 4 heteroatoms. The molecule has 4 nitrogen and oxygen atoms in total. The second kappa shape index (κ2) is 3.49. The summed E-state index contributed by atoms with van der Waals surface area (Å²) in [4.78, 5) is 10.2. The number of hydrogen-bond acceptors (Lipinski definition) is 3. The van der Waals surface area contributed by atoms with E-state index in [-0.39, 0.29) is 0 Å². The smallest absolute Gasteiger partial charge is 0.115 e. The first kappa shape index (κ1) is 7.49. The van der Waals surface area contributed by atoms with E-state index in [0.717, 1.165) is 31.9 Å². The molecule has 1 aromatic rings. The summed E-state index contributed by atoms with van der Waals surface area (Å²) in [5, 5.41) is 4.27. The van der Waals surface area contributed by atoms with E-state index in [0.29, 0.717) is 0 Å². The van der Waals surface area contributed by atoms with Crippen molar-refractivity contribution >= 4 is 5.69 Å². The van der Waals surface area contributed by atoms with Crippen LogP contribution in [0.3, 0.4) is 0 Å². The molecule has 1 fully saturated rings. The summed E-state index contributed by atoms with van der Waals surface area (Å²) in [6.45, 7) is 3.84. The summed E-state index contributed by atoms with van der Waals surface area (Å²) >= 11 is 0. The summed E-state index contributed by atoms with van der Waals surface area (Å²) in [7, 11) is 0. The lowest BCUT2D eigenvalue weighted by atomic mass is 10.3. The lowest BCUT2D eigenvalue weighted by Gasteiger charge is -2.27. The van der Waals surface area contributed by atoms with Gasteiger partial charge < -0.3 is 4.90 Å². The fourth-order valence-electron chi connectivity index (χ4n) is 1.32. The molecule has 2 heterocycles. The van der Waals surface area contributed by atoms with Gasteiger partial charge in [-0.3, -0.25) is 0 Å². The highest BCUT2D eigenvalue weighted by Gasteiger charge is 2.10. The molecule has 0 amide bonds. The van der Waals surface area contributed by atoms with Crippen LogP contribution in [-0.4, -0.2) is 36.1 Å². The average Bonchev–Trinajstić information content (AvgIpc) is 2.21. The molecule has 0 aliphatic carbocycles. The zero-order chi connectivity index (χ0) is 8.23. The van der Waals surface area contributed by atoms with Crippen LogP contribution >= 0.6 is 0 Å². The first-order chi connectivity index (χ1) is 5.97. The summed E-state index contributed by atoms with van der Waals surface area (Å²) in [6.07, 6.45) is 5.24. The Bertz CT molecular complexity index is 230. The minimum atomic E-state index is 0.925. The molecular weight excluding hydrogens is 152 g/mol. The minimum Gasteiger partial charge on any atom is -0.366 e. The Balaban J connectivity index is 2.08. The Morgan fingerprint density at radius 3 is 2.42 bits per heavy atom. The van der Waals surface area contributed by atoms with Crippen molar-refractivity contribution < 1.29 is 0 Å². The van der Waals surface area contributed by atoms with Crippen LogP contribution in [-0.2, 0) is 0 Å². The van der Waals surface area contributed by atoms with Gasteiger partial charge in [0.2, 0.25) is 0 Å². The normalized spacial score (nSPS) is 17.8. The Morgan fingerprint density at radius 1 is 1.08 bits per heavy atom. The van der Waals surface area contributed by atoms with Crippen molar-refractivity contribution in [2.45, 2.75) is 0 Å². The van der Waals surface area contributed by atoms with E-state index in [1.165, 1.54) is 0 Å². The number of rotatable bonds is 1. The van der Waals surface area contributed by atoms with Gasteiger partial charge in [-0.1, -0.05) is 0 Å². The van der Waals surface area contributed by atoms with Crippen LogP contribution in [0.4, 0.5) is 5.69 Å². The van der Waals surface area contributed by atoms with Crippen molar-refractivity contribution in [3.8, 4) is 0 Å². The SMILES string of the molecule is c1ncc(N2CC[N]CC2)cn1. The predicted molar refractivity (Wildman–Crippen MR) is 46.1 cm³/mol. The largest absolute Gasteiger partial charge is 0.366 e. The van der Waals surface area contributed by atoms with E-state index in [9.17, 15) is 0 Å². The molecule has 0 spiro atoms. The highest BCUT2D eigenvalue weighted by atomic mass is 15.2. The first-order valence-corrected chi connectivity index (χ1v) is 4.10. The molecule has 2 rings (SSSR count). The number of nitrogens with zero attached hydrogens (tertiary/aromatic N) is 4. The van der Waals surface area contributed by atoms with Gasteiger partial charge in [-0.05, 0) is 0 Å². The summed E-state index contributed by atoms with van der Waals surface area (Å²) in [6, 6.07) is 0. The number of hydrogen-bond donors (Lipinski definition) is 0. The molecule has 1 aliphatic rings. The third-order valence-electron chi connectivity index (χ3n) is 1.97. The molecule has 0 N–H and O–H groups in total. The van der Waals surface area contributed by atoms with Crippen LogP contribution in [0.1, 0.15) is 0 Å². The van der Waals surface area contributed by atoms with Crippen LogP contribution in [0.15, 0.2) is 18.7 Å². The van der Waals surface area contributed by atoms with E-state index in [1.807, 2.05) is 12.4 Å². The fraction of sp³-hybridized carbons (Fsp3) is 0.500. The quantitative estimate of drug-likeness (QED) is 0.580. The topological polar surface area (TPSA) is 43.1 Å². The van der Waals surface area contributed by atoms with E-state index in [2.05, 4.69) is 20.2 Å².